The Balaban J connectivity index is 1.90. The number of hydrogen-bond donors (Lipinski definition) is 1. The molecule has 1 amide bonds. The van der Waals surface area contributed by atoms with Crippen molar-refractivity contribution in [2.24, 2.45) is 0 Å². The molecule has 7 heteroatoms. The average Bonchev–Trinajstić information content (AvgIpc) is 2.60. The lowest BCUT2D eigenvalue weighted by Gasteiger charge is -2.17. The molecule has 0 aliphatic heterocycles. The van der Waals surface area contributed by atoms with E-state index >= 15 is 0 Å². The molecule has 0 bridgehead atoms. The van der Waals surface area contributed by atoms with Gasteiger partial charge in [-0.1, -0.05) is 41.9 Å². The van der Waals surface area contributed by atoms with Gasteiger partial charge in [-0.3, -0.25) is 14.9 Å². The Bertz CT molecular complexity index is 769. The molecule has 0 fully saturated rings. The van der Waals surface area contributed by atoms with Gasteiger partial charge in [0.15, 0.2) is 0 Å². The number of amides is 1. The van der Waals surface area contributed by atoms with Crippen molar-refractivity contribution in [2.75, 3.05) is 5.75 Å². The maximum absolute atomic E-state index is 12.2. The molecular weight excluding hydrogens is 360 g/mol. The van der Waals surface area contributed by atoms with Gasteiger partial charge in [0.2, 0.25) is 5.91 Å². The second kappa shape index (κ2) is 8.87. The Morgan fingerprint density at radius 3 is 2.64 bits per heavy atom. The van der Waals surface area contributed by atoms with Crippen molar-refractivity contribution in [2.45, 2.75) is 25.1 Å². The number of hydrogen-bond acceptors (Lipinski definition) is 4. The van der Waals surface area contributed by atoms with E-state index in [1.807, 2.05) is 38.1 Å². The molecule has 0 saturated carbocycles. The molecule has 0 spiro atoms. The van der Waals surface area contributed by atoms with Crippen LogP contribution in [-0.2, 0) is 4.79 Å². The van der Waals surface area contributed by atoms with Gasteiger partial charge in [-0.05, 0) is 31.0 Å². The molecule has 0 radical (unpaired) electrons. The lowest BCUT2D eigenvalue weighted by molar-refractivity contribution is -0.384. The molecule has 2 atom stereocenters. The molecule has 0 saturated heterocycles. The minimum atomic E-state index is -0.418. The Kier molecular flexibility index (Phi) is 6.84. The number of benzene rings is 2. The first-order valence-corrected chi connectivity index (χ1v) is 9.21. The fourth-order valence-electron chi connectivity index (χ4n) is 2.38. The third kappa shape index (κ3) is 5.47. The molecule has 2 aromatic rings. The van der Waals surface area contributed by atoms with Gasteiger partial charge < -0.3 is 5.32 Å². The zero-order valence-corrected chi connectivity index (χ0v) is 15.5. The summed E-state index contributed by atoms with van der Waals surface area (Å²) in [5.41, 5.74) is 1.75. The Morgan fingerprint density at radius 2 is 1.96 bits per heavy atom. The summed E-state index contributed by atoms with van der Waals surface area (Å²) < 4.78 is 0. The van der Waals surface area contributed by atoms with E-state index in [0.717, 1.165) is 11.1 Å². The Morgan fingerprint density at radius 1 is 1.24 bits per heavy atom. The van der Waals surface area contributed by atoms with Crippen LogP contribution in [0.15, 0.2) is 48.5 Å². The number of nitrogens with zero attached hydrogens (tertiary/aromatic N) is 1. The summed E-state index contributed by atoms with van der Waals surface area (Å²) in [6.45, 7) is 3.81. The molecule has 0 unspecified atom stereocenters. The summed E-state index contributed by atoms with van der Waals surface area (Å²) in [4.78, 5) is 22.6. The number of carbonyl (C=O) groups is 1. The summed E-state index contributed by atoms with van der Waals surface area (Å²) in [5.74, 6) is 0.160. The summed E-state index contributed by atoms with van der Waals surface area (Å²) in [5, 5.41) is 14.4. The largest absolute Gasteiger partial charge is 0.349 e. The molecule has 2 aromatic carbocycles. The molecule has 0 aliphatic carbocycles. The zero-order chi connectivity index (χ0) is 18.4. The number of rotatable bonds is 7. The fourth-order valence-corrected chi connectivity index (χ4v) is 3.50. The van der Waals surface area contributed by atoms with E-state index in [0.29, 0.717) is 5.02 Å². The molecule has 25 heavy (non-hydrogen) atoms. The highest BCUT2D eigenvalue weighted by atomic mass is 35.5. The van der Waals surface area contributed by atoms with E-state index in [2.05, 4.69) is 5.32 Å². The van der Waals surface area contributed by atoms with E-state index in [-0.39, 0.29) is 28.6 Å². The lowest BCUT2D eigenvalue weighted by atomic mass is 10.1. The monoisotopic (exact) mass is 378 g/mol. The van der Waals surface area contributed by atoms with Gasteiger partial charge in [0.1, 0.15) is 0 Å². The van der Waals surface area contributed by atoms with Crippen molar-refractivity contribution >= 4 is 35.0 Å². The van der Waals surface area contributed by atoms with Crippen LogP contribution in [0.2, 0.25) is 5.02 Å². The summed E-state index contributed by atoms with van der Waals surface area (Å²) >= 11 is 7.57. The average molecular weight is 379 g/mol. The van der Waals surface area contributed by atoms with Crippen molar-refractivity contribution in [1.82, 2.24) is 5.32 Å². The summed E-state index contributed by atoms with van der Waals surface area (Å²) in [6, 6.07) is 13.7. The number of thioether (sulfide) groups is 1. The predicted molar refractivity (Wildman–Crippen MR) is 102 cm³/mol. The van der Waals surface area contributed by atoms with Gasteiger partial charge in [-0.2, -0.15) is 0 Å². The van der Waals surface area contributed by atoms with Crippen LogP contribution in [0.25, 0.3) is 0 Å². The molecular formula is C18H19ClN2O3S. The van der Waals surface area contributed by atoms with Crippen LogP contribution in [0, 0.1) is 10.1 Å². The van der Waals surface area contributed by atoms with Gasteiger partial charge in [0.05, 0.1) is 16.7 Å². The van der Waals surface area contributed by atoms with Crippen molar-refractivity contribution in [3.8, 4) is 0 Å². The molecule has 132 valence electrons. The van der Waals surface area contributed by atoms with Crippen LogP contribution < -0.4 is 5.32 Å². The molecule has 0 aliphatic rings. The Labute approximate surface area is 155 Å². The predicted octanol–water partition coefficient (Wildman–Crippen LogP) is 4.92. The third-order valence-electron chi connectivity index (χ3n) is 3.76. The van der Waals surface area contributed by atoms with E-state index in [4.69, 9.17) is 11.6 Å². The number of nitrogens with one attached hydrogen (secondary N) is 1. The molecule has 1 N–H and O–H groups in total. The lowest BCUT2D eigenvalue weighted by Crippen LogP contribution is -2.28. The fraction of sp³-hybridized carbons (Fsp3) is 0.278. The SMILES string of the molecule is C[C@H](NC(=O)CS[C@@H](C)c1cccc([N+](=O)[O-])c1)c1ccccc1Cl. The number of carbonyl (C=O) groups excluding carboxylic acids is 1. The van der Waals surface area contributed by atoms with Gasteiger partial charge >= 0.3 is 0 Å². The highest BCUT2D eigenvalue weighted by molar-refractivity contribution is 8.00. The van der Waals surface area contributed by atoms with Crippen molar-refractivity contribution in [3.05, 3.63) is 74.8 Å². The van der Waals surface area contributed by atoms with Crippen LogP contribution in [0.4, 0.5) is 5.69 Å². The van der Waals surface area contributed by atoms with Crippen LogP contribution in [0.5, 0.6) is 0 Å². The minimum absolute atomic E-state index is 0.0266. The van der Waals surface area contributed by atoms with E-state index in [1.54, 1.807) is 18.2 Å². The zero-order valence-electron chi connectivity index (χ0n) is 13.9. The molecule has 0 heterocycles. The highest BCUT2D eigenvalue weighted by Crippen LogP contribution is 2.30. The molecule has 2 rings (SSSR count). The van der Waals surface area contributed by atoms with Crippen LogP contribution in [0.1, 0.15) is 36.3 Å². The first-order valence-electron chi connectivity index (χ1n) is 7.78. The normalized spacial score (nSPS) is 13.1. The number of nitro groups is 1. The highest BCUT2D eigenvalue weighted by Gasteiger charge is 2.15. The third-order valence-corrected chi connectivity index (χ3v) is 5.31. The standard InChI is InChI=1S/C18H19ClN2O3S/c1-12(16-8-3-4-9-17(16)19)20-18(22)11-25-13(2)14-6-5-7-15(10-14)21(23)24/h3-10,12-13H,11H2,1-2H3,(H,20,22)/t12-,13-/m0/s1. The topological polar surface area (TPSA) is 72.2 Å². The van der Waals surface area contributed by atoms with Crippen molar-refractivity contribution in [1.29, 1.82) is 0 Å². The van der Waals surface area contributed by atoms with E-state index in [9.17, 15) is 14.9 Å². The summed E-state index contributed by atoms with van der Waals surface area (Å²) in [7, 11) is 0. The van der Waals surface area contributed by atoms with Crippen LogP contribution in [-0.4, -0.2) is 16.6 Å². The quantitative estimate of drug-likeness (QED) is 0.548. The second-order valence-electron chi connectivity index (χ2n) is 5.62. The number of nitro benzene ring substituents is 1. The maximum Gasteiger partial charge on any atom is 0.269 e. The summed E-state index contributed by atoms with van der Waals surface area (Å²) in [6.07, 6.45) is 0. The minimum Gasteiger partial charge on any atom is -0.349 e. The number of non-ortho nitro benzene ring substituents is 1. The van der Waals surface area contributed by atoms with Gasteiger partial charge in [-0.25, -0.2) is 0 Å². The van der Waals surface area contributed by atoms with Gasteiger partial charge in [0.25, 0.3) is 5.69 Å². The van der Waals surface area contributed by atoms with E-state index < -0.39 is 4.92 Å². The smallest absolute Gasteiger partial charge is 0.269 e. The van der Waals surface area contributed by atoms with Crippen molar-refractivity contribution in [3.63, 3.8) is 0 Å². The molecule has 0 aromatic heterocycles. The van der Waals surface area contributed by atoms with Crippen LogP contribution in [0.3, 0.4) is 0 Å². The first kappa shape index (κ1) is 19.3. The molecule has 5 nitrogen and oxygen atoms in total. The van der Waals surface area contributed by atoms with Crippen LogP contribution >= 0.6 is 23.4 Å². The van der Waals surface area contributed by atoms with Gasteiger partial charge in [0, 0.05) is 22.4 Å². The number of halogens is 1. The second-order valence-corrected chi connectivity index (χ2v) is 7.35. The first-order chi connectivity index (χ1) is 11.9. The Hall–Kier alpha value is -2.05. The van der Waals surface area contributed by atoms with Gasteiger partial charge in [-0.15, -0.1) is 11.8 Å². The maximum atomic E-state index is 12.2. The van der Waals surface area contributed by atoms with Crippen molar-refractivity contribution < 1.29 is 9.72 Å². The van der Waals surface area contributed by atoms with E-state index in [1.165, 1.54) is 17.8 Å².